The van der Waals surface area contributed by atoms with Gasteiger partial charge in [-0.3, -0.25) is 0 Å². The minimum atomic E-state index is -0.905. The van der Waals surface area contributed by atoms with Crippen molar-refractivity contribution in [3.63, 3.8) is 0 Å². The highest BCUT2D eigenvalue weighted by molar-refractivity contribution is 5.50. The average Bonchev–Trinajstić information content (AvgIpc) is 2.76. The summed E-state index contributed by atoms with van der Waals surface area (Å²) in [5.74, 6) is -1.49. The monoisotopic (exact) mass is 416 g/mol. The van der Waals surface area contributed by atoms with Crippen molar-refractivity contribution in [2.75, 3.05) is 7.11 Å². The average molecular weight is 417 g/mol. The standard InChI is InChI=1S/C26H31F3O/c1-3-4-5-6-21-14-11-19(17-23(21)27)8-7-18-9-12-20(13-10-18)22-15-16-24(30-2)26(29)25(22)28/h7-8,11,14-18,20H,3-6,9-10,12-13H2,1-2H3/b8-7+. The number of halogens is 3. The van der Waals surface area contributed by atoms with Gasteiger partial charge in [-0.1, -0.05) is 50.1 Å². The van der Waals surface area contributed by atoms with Gasteiger partial charge < -0.3 is 4.74 Å². The topological polar surface area (TPSA) is 9.23 Å². The zero-order chi connectivity index (χ0) is 21.5. The molecule has 0 radical (unpaired) electrons. The van der Waals surface area contributed by atoms with Gasteiger partial charge in [0.15, 0.2) is 11.6 Å². The van der Waals surface area contributed by atoms with Gasteiger partial charge in [0, 0.05) is 0 Å². The van der Waals surface area contributed by atoms with Crippen LogP contribution in [-0.2, 0) is 6.42 Å². The Bertz CT molecular complexity index is 867. The highest BCUT2D eigenvalue weighted by Gasteiger charge is 2.25. The number of ether oxygens (including phenoxy) is 1. The van der Waals surface area contributed by atoms with E-state index in [1.165, 1.54) is 13.2 Å². The van der Waals surface area contributed by atoms with E-state index in [0.717, 1.165) is 62.5 Å². The largest absolute Gasteiger partial charge is 0.494 e. The van der Waals surface area contributed by atoms with E-state index in [2.05, 4.69) is 13.0 Å². The number of unbranched alkanes of at least 4 members (excludes halogenated alkanes) is 2. The van der Waals surface area contributed by atoms with Crippen molar-refractivity contribution >= 4 is 6.08 Å². The molecule has 0 N–H and O–H groups in total. The predicted octanol–water partition coefficient (Wildman–Crippen LogP) is 7.83. The number of methoxy groups -OCH3 is 1. The summed E-state index contributed by atoms with van der Waals surface area (Å²) in [7, 11) is 1.33. The van der Waals surface area contributed by atoms with Crippen LogP contribution in [0.1, 0.15) is 74.5 Å². The Morgan fingerprint density at radius 2 is 1.73 bits per heavy atom. The Morgan fingerprint density at radius 1 is 0.967 bits per heavy atom. The second-order valence-electron chi connectivity index (χ2n) is 8.26. The van der Waals surface area contributed by atoms with Crippen LogP contribution >= 0.6 is 0 Å². The molecule has 162 valence electrons. The summed E-state index contributed by atoms with van der Waals surface area (Å²) < 4.78 is 47.5. The van der Waals surface area contributed by atoms with E-state index in [4.69, 9.17) is 4.74 Å². The first kappa shape index (κ1) is 22.5. The molecule has 0 spiro atoms. The SMILES string of the molecule is CCCCCc1ccc(/C=C/C2CCC(c3ccc(OC)c(F)c3F)CC2)cc1F. The fourth-order valence-corrected chi connectivity index (χ4v) is 4.32. The van der Waals surface area contributed by atoms with Gasteiger partial charge in [0.25, 0.3) is 0 Å². The lowest BCUT2D eigenvalue weighted by Crippen LogP contribution is -2.13. The zero-order valence-electron chi connectivity index (χ0n) is 17.9. The molecule has 0 aromatic heterocycles. The zero-order valence-corrected chi connectivity index (χ0v) is 17.9. The van der Waals surface area contributed by atoms with Crippen LogP contribution in [0, 0.1) is 23.4 Å². The molecule has 2 aromatic carbocycles. The first-order chi connectivity index (χ1) is 14.5. The Kier molecular flexibility index (Phi) is 8.01. The lowest BCUT2D eigenvalue weighted by Gasteiger charge is -2.27. The third-order valence-corrected chi connectivity index (χ3v) is 6.20. The van der Waals surface area contributed by atoms with Crippen molar-refractivity contribution in [2.45, 2.75) is 64.2 Å². The molecule has 3 rings (SSSR count). The molecule has 0 aliphatic heterocycles. The molecule has 4 heteroatoms. The lowest BCUT2D eigenvalue weighted by atomic mass is 9.78. The fraction of sp³-hybridized carbons (Fsp3) is 0.462. The highest BCUT2D eigenvalue weighted by Crippen LogP contribution is 2.39. The maximum Gasteiger partial charge on any atom is 0.200 e. The quantitative estimate of drug-likeness (QED) is 0.398. The summed E-state index contributed by atoms with van der Waals surface area (Å²) in [5.41, 5.74) is 2.10. The number of rotatable bonds is 8. The summed E-state index contributed by atoms with van der Waals surface area (Å²) in [6.07, 6.45) is 11.6. The van der Waals surface area contributed by atoms with Crippen LogP contribution < -0.4 is 4.74 Å². The van der Waals surface area contributed by atoms with E-state index < -0.39 is 11.6 Å². The van der Waals surface area contributed by atoms with Gasteiger partial charge >= 0.3 is 0 Å². The van der Waals surface area contributed by atoms with E-state index in [9.17, 15) is 13.2 Å². The van der Waals surface area contributed by atoms with Crippen molar-refractivity contribution < 1.29 is 17.9 Å². The maximum atomic E-state index is 14.4. The van der Waals surface area contributed by atoms with Gasteiger partial charge in [-0.25, -0.2) is 8.78 Å². The van der Waals surface area contributed by atoms with Gasteiger partial charge in [-0.15, -0.1) is 0 Å². The molecule has 0 atom stereocenters. The summed E-state index contributed by atoms with van der Waals surface area (Å²) in [6, 6.07) is 8.62. The number of allylic oxidation sites excluding steroid dienone is 1. The third kappa shape index (κ3) is 5.47. The molecular formula is C26H31F3O. The van der Waals surface area contributed by atoms with Gasteiger partial charge in [0.05, 0.1) is 7.11 Å². The minimum Gasteiger partial charge on any atom is -0.494 e. The fourth-order valence-electron chi connectivity index (χ4n) is 4.32. The molecular weight excluding hydrogens is 385 g/mol. The van der Waals surface area contributed by atoms with Crippen molar-refractivity contribution in [3.8, 4) is 5.75 Å². The molecule has 30 heavy (non-hydrogen) atoms. The van der Waals surface area contributed by atoms with Crippen LogP contribution in [0.5, 0.6) is 5.75 Å². The molecule has 1 aliphatic carbocycles. The van der Waals surface area contributed by atoms with E-state index >= 15 is 0 Å². The number of aryl methyl sites for hydroxylation is 1. The molecule has 2 aromatic rings. The Labute approximate surface area is 178 Å². The molecule has 1 aliphatic rings. The molecule has 0 bridgehead atoms. The van der Waals surface area contributed by atoms with Crippen molar-refractivity contribution in [1.29, 1.82) is 0 Å². The molecule has 0 heterocycles. The van der Waals surface area contributed by atoms with E-state index in [-0.39, 0.29) is 17.5 Å². The highest BCUT2D eigenvalue weighted by atomic mass is 19.2. The first-order valence-corrected chi connectivity index (χ1v) is 11.0. The molecule has 0 amide bonds. The van der Waals surface area contributed by atoms with Crippen molar-refractivity contribution in [1.82, 2.24) is 0 Å². The van der Waals surface area contributed by atoms with Gasteiger partial charge in [0.1, 0.15) is 5.82 Å². The summed E-state index contributed by atoms with van der Waals surface area (Å²) in [5, 5.41) is 0. The van der Waals surface area contributed by atoms with Gasteiger partial charge in [-0.05, 0) is 79.2 Å². The van der Waals surface area contributed by atoms with Crippen LogP contribution in [0.15, 0.2) is 36.4 Å². The van der Waals surface area contributed by atoms with Crippen LogP contribution in [0.3, 0.4) is 0 Å². The molecule has 1 saturated carbocycles. The van der Waals surface area contributed by atoms with E-state index in [1.807, 2.05) is 18.2 Å². The molecule has 1 fully saturated rings. The second kappa shape index (κ2) is 10.7. The first-order valence-electron chi connectivity index (χ1n) is 11.0. The number of hydrogen-bond acceptors (Lipinski definition) is 1. The van der Waals surface area contributed by atoms with E-state index in [1.54, 1.807) is 12.1 Å². The van der Waals surface area contributed by atoms with Gasteiger partial charge in [-0.2, -0.15) is 4.39 Å². The molecule has 0 unspecified atom stereocenters. The summed E-state index contributed by atoms with van der Waals surface area (Å²) >= 11 is 0. The summed E-state index contributed by atoms with van der Waals surface area (Å²) in [6.45, 7) is 2.14. The Morgan fingerprint density at radius 3 is 2.40 bits per heavy atom. The molecule has 0 saturated heterocycles. The number of hydrogen-bond donors (Lipinski definition) is 0. The third-order valence-electron chi connectivity index (χ3n) is 6.20. The maximum absolute atomic E-state index is 14.4. The minimum absolute atomic E-state index is 0.0231. The van der Waals surface area contributed by atoms with Crippen molar-refractivity contribution in [3.05, 3.63) is 70.5 Å². The van der Waals surface area contributed by atoms with Crippen LogP contribution in [-0.4, -0.2) is 7.11 Å². The normalized spacial score (nSPS) is 19.4. The van der Waals surface area contributed by atoms with Gasteiger partial charge in [0.2, 0.25) is 5.82 Å². The second-order valence-corrected chi connectivity index (χ2v) is 8.26. The van der Waals surface area contributed by atoms with Crippen LogP contribution in [0.25, 0.3) is 6.08 Å². The lowest BCUT2D eigenvalue weighted by molar-refractivity contribution is 0.350. The van der Waals surface area contributed by atoms with Crippen LogP contribution in [0.4, 0.5) is 13.2 Å². The number of benzene rings is 2. The Balaban J connectivity index is 1.56. The summed E-state index contributed by atoms with van der Waals surface area (Å²) in [4.78, 5) is 0. The van der Waals surface area contributed by atoms with Crippen molar-refractivity contribution in [2.24, 2.45) is 5.92 Å². The Hall–Kier alpha value is -2.23. The predicted molar refractivity (Wildman–Crippen MR) is 116 cm³/mol. The molecule has 1 nitrogen and oxygen atoms in total. The van der Waals surface area contributed by atoms with E-state index in [0.29, 0.717) is 11.5 Å². The van der Waals surface area contributed by atoms with Crippen LogP contribution in [0.2, 0.25) is 0 Å². The smallest absolute Gasteiger partial charge is 0.200 e.